The van der Waals surface area contributed by atoms with Crippen LogP contribution in [0.2, 0.25) is 0 Å². The number of nitrogens with zero attached hydrogens (tertiary/aromatic N) is 3. The van der Waals surface area contributed by atoms with Crippen LogP contribution in [-0.2, 0) is 11.2 Å². The van der Waals surface area contributed by atoms with Crippen molar-refractivity contribution in [1.29, 1.82) is 0 Å². The van der Waals surface area contributed by atoms with Gasteiger partial charge in [-0.1, -0.05) is 18.2 Å². The highest BCUT2D eigenvalue weighted by Crippen LogP contribution is 2.42. The first-order valence-corrected chi connectivity index (χ1v) is 10.1. The molecule has 2 aromatic rings. The van der Waals surface area contributed by atoms with Crippen LogP contribution in [0, 0.1) is 18.7 Å². The average Bonchev–Trinajstić information content (AvgIpc) is 3.08. The Bertz CT molecular complexity index is 918. The summed E-state index contributed by atoms with van der Waals surface area (Å²) in [6.07, 6.45) is -3.24. The Labute approximate surface area is 172 Å². The minimum Gasteiger partial charge on any atom is -0.367 e. The van der Waals surface area contributed by atoms with Crippen LogP contribution in [0.25, 0.3) is 0 Å². The van der Waals surface area contributed by atoms with E-state index in [2.05, 4.69) is 10.4 Å². The van der Waals surface area contributed by atoms with E-state index in [1.165, 1.54) is 6.07 Å². The van der Waals surface area contributed by atoms with Crippen molar-refractivity contribution in [2.45, 2.75) is 50.9 Å². The van der Waals surface area contributed by atoms with Gasteiger partial charge in [0, 0.05) is 25.2 Å². The Hall–Kier alpha value is -2.58. The van der Waals surface area contributed by atoms with Gasteiger partial charge in [0.1, 0.15) is 11.6 Å². The van der Waals surface area contributed by atoms with Crippen LogP contribution in [0.1, 0.15) is 36.6 Å². The van der Waals surface area contributed by atoms with Crippen LogP contribution >= 0.6 is 0 Å². The van der Waals surface area contributed by atoms with Crippen LogP contribution < -0.4 is 5.32 Å². The third-order valence-corrected chi connectivity index (χ3v) is 6.10. The van der Waals surface area contributed by atoms with Gasteiger partial charge < -0.3 is 10.2 Å². The number of fused-ring (bicyclic) bond motifs is 1. The van der Waals surface area contributed by atoms with Gasteiger partial charge in [-0.2, -0.15) is 18.3 Å². The number of amides is 1. The van der Waals surface area contributed by atoms with Crippen molar-refractivity contribution in [2.75, 3.05) is 18.4 Å². The van der Waals surface area contributed by atoms with Gasteiger partial charge in [0.2, 0.25) is 5.91 Å². The highest BCUT2D eigenvalue weighted by Gasteiger charge is 2.47. The molecule has 2 aliphatic rings. The molecular formula is C21H24F4N4O. The minimum atomic E-state index is -4.37. The summed E-state index contributed by atoms with van der Waals surface area (Å²) in [5.41, 5.74) is 0.899. The fraction of sp³-hybridized carbons (Fsp3) is 0.524. The molecule has 4 rings (SSSR count). The largest absolute Gasteiger partial charge is 0.410 e. The summed E-state index contributed by atoms with van der Waals surface area (Å²) in [5.74, 6) is -0.144. The first-order chi connectivity index (χ1) is 14.2. The molecule has 0 bridgehead atoms. The number of alkyl halides is 3. The molecule has 162 valence electrons. The highest BCUT2D eigenvalue weighted by atomic mass is 19.4. The predicted molar refractivity (Wildman–Crippen MR) is 103 cm³/mol. The third kappa shape index (κ3) is 4.15. The SMILES string of the molecule is Cc1cc2n(n1)[C@@H](C(F)(F)F)C[C@@H](C1CCN(C(=O)Cc3ccccc3F)CC1)N2. The van der Waals surface area contributed by atoms with Crippen molar-refractivity contribution < 1.29 is 22.4 Å². The van der Waals surface area contributed by atoms with Crippen molar-refractivity contribution in [3.63, 3.8) is 0 Å². The van der Waals surface area contributed by atoms with Gasteiger partial charge in [0.15, 0.2) is 6.04 Å². The smallest absolute Gasteiger partial charge is 0.367 e. The molecule has 0 saturated carbocycles. The van der Waals surface area contributed by atoms with E-state index < -0.39 is 18.0 Å². The fourth-order valence-corrected chi connectivity index (χ4v) is 4.50. The van der Waals surface area contributed by atoms with E-state index in [1.54, 1.807) is 36.1 Å². The maximum atomic E-state index is 13.8. The Morgan fingerprint density at radius 2 is 1.93 bits per heavy atom. The van der Waals surface area contributed by atoms with Crippen LogP contribution in [0.5, 0.6) is 0 Å². The second-order valence-corrected chi connectivity index (χ2v) is 8.15. The number of benzene rings is 1. The summed E-state index contributed by atoms with van der Waals surface area (Å²) in [4.78, 5) is 14.2. The number of anilines is 1. The molecule has 1 fully saturated rings. The topological polar surface area (TPSA) is 50.2 Å². The number of rotatable bonds is 3. The molecule has 1 amide bonds. The first kappa shape index (κ1) is 20.7. The predicted octanol–water partition coefficient (Wildman–Crippen LogP) is 4.10. The van der Waals surface area contributed by atoms with Crippen molar-refractivity contribution in [3.8, 4) is 0 Å². The van der Waals surface area contributed by atoms with Crippen LogP contribution in [0.3, 0.4) is 0 Å². The quantitative estimate of drug-likeness (QED) is 0.755. The standard InChI is InChI=1S/C21H24F4N4O/c1-13-10-19-26-17(12-18(21(23,24)25)29(19)27-13)14-6-8-28(9-7-14)20(30)11-15-4-2-3-5-16(15)22/h2-5,10,14,17-18,26H,6-9,11-12H2,1H3/t17-,18+/m0/s1. The zero-order chi connectivity index (χ0) is 21.5. The number of hydrogen-bond donors (Lipinski definition) is 1. The molecule has 3 heterocycles. The Balaban J connectivity index is 1.39. The molecule has 9 heteroatoms. The van der Waals surface area contributed by atoms with Crippen LogP contribution in [-0.4, -0.2) is 45.9 Å². The maximum absolute atomic E-state index is 13.8. The van der Waals surface area contributed by atoms with Gasteiger partial charge >= 0.3 is 6.18 Å². The second kappa shape index (κ2) is 7.92. The molecule has 1 aromatic carbocycles. The van der Waals surface area contributed by atoms with E-state index in [1.807, 2.05) is 0 Å². The van der Waals surface area contributed by atoms with Crippen molar-refractivity contribution in [2.24, 2.45) is 5.92 Å². The van der Waals surface area contributed by atoms with E-state index in [-0.39, 0.29) is 30.7 Å². The number of carbonyl (C=O) groups is 1. The van der Waals surface area contributed by atoms with E-state index in [0.717, 1.165) is 4.68 Å². The zero-order valence-electron chi connectivity index (χ0n) is 16.6. The number of halogens is 4. The van der Waals surface area contributed by atoms with Gasteiger partial charge in [-0.25, -0.2) is 9.07 Å². The van der Waals surface area contributed by atoms with Crippen LogP contribution in [0.15, 0.2) is 30.3 Å². The molecule has 0 radical (unpaired) electrons. The van der Waals surface area contributed by atoms with E-state index >= 15 is 0 Å². The fourth-order valence-electron chi connectivity index (χ4n) is 4.50. The molecule has 0 spiro atoms. The van der Waals surface area contributed by atoms with Gasteiger partial charge in [-0.05, 0) is 43.7 Å². The number of likely N-dealkylation sites (tertiary alicyclic amines) is 1. The van der Waals surface area contributed by atoms with E-state index in [0.29, 0.717) is 43.0 Å². The lowest BCUT2D eigenvalue weighted by molar-refractivity contribution is -0.174. The Morgan fingerprint density at radius 1 is 1.23 bits per heavy atom. The van der Waals surface area contributed by atoms with Gasteiger partial charge in [0.05, 0.1) is 12.1 Å². The summed E-state index contributed by atoms with van der Waals surface area (Å²) in [5, 5.41) is 7.24. The summed E-state index contributed by atoms with van der Waals surface area (Å²) >= 11 is 0. The minimum absolute atomic E-state index is 0.00632. The lowest BCUT2D eigenvalue weighted by atomic mass is 9.84. The lowest BCUT2D eigenvalue weighted by Crippen LogP contribution is -2.47. The number of hydrogen-bond acceptors (Lipinski definition) is 3. The van der Waals surface area contributed by atoms with Gasteiger partial charge in [-0.15, -0.1) is 0 Å². The van der Waals surface area contributed by atoms with Crippen molar-refractivity contribution >= 4 is 11.7 Å². The average molecular weight is 424 g/mol. The highest BCUT2D eigenvalue weighted by molar-refractivity contribution is 5.78. The van der Waals surface area contributed by atoms with Gasteiger partial charge in [0.25, 0.3) is 0 Å². The molecule has 0 unspecified atom stereocenters. The monoisotopic (exact) mass is 424 g/mol. The summed E-state index contributed by atoms with van der Waals surface area (Å²) in [6, 6.07) is 5.85. The summed E-state index contributed by atoms with van der Waals surface area (Å²) in [7, 11) is 0. The maximum Gasteiger partial charge on any atom is 0.410 e. The van der Waals surface area contributed by atoms with Gasteiger partial charge in [-0.3, -0.25) is 4.79 Å². The summed E-state index contributed by atoms with van der Waals surface area (Å²) < 4.78 is 55.7. The lowest BCUT2D eigenvalue weighted by Gasteiger charge is -2.41. The van der Waals surface area contributed by atoms with Crippen molar-refractivity contribution in [1.82, 2.24) is 14.7 Å². The molecule has 1 saturated heterocycles. The molecule has 2 aliphatic heterocycles. The molecule has 30 heavy (non-hydrogen) atoms. The third-order valence-electron chi connectivity index (χ3n) is 6.10. The molecule has 2 atom stereocenters. The first-order valence-electron chi connectivity index (χ1n) is 10.1. The molecule has 5 nitrogen and oxygen atoms in total. The number of aryl methyl sites for hydroxylation is 1. The van der Waals surface area contributed by atoms with E-state index in [9.17, 15) is 22.4 Å². The van der Waals surface area contributed by atoms with Crippen LogP contribution in [0.4, 0.5) is 23.4 Å². The second-order valence-electron chi connectivity index (χ2n) is 8.15. The number of piperidine rings is 1. The molecule has 1 aromatic heterocycles. The Kier molecular flexibility index (Phi) is 5.46. The Morgan fingerprint density at radius 3 is 2.60 bits per heavy atom. The molecule has 0 aliphatic carbocycles. The molecule has 1 N–H and O–H groups in total. The number of carbonyl (C=O) groups excluding carboxylic acids is 1. The normalized spacial score (nSPS) is 22.5. The number of aromatic nitrogens is 2. The zero-order valence-corrected chi connectivity index (χ0v) is 16.6. The summed E-state index contributed by atoms with van der Waals surface area (Å²) in [6.45, 7) is 2.60. The van der Waals surface area contributed by atoms with Crippen molar-refractivity contribution in [3.05, 3.63) is 47.4 Å². The molecular weight excluding hydrogens is 400 g/mol. The van der Waals surface area contributed by atoms with E-state index in [4.69, 9.17) is 0 Å². The number of nitrogens with one attached hydrogen (secondary N) is 1.